The maximum absolute atomic E-state index is 12.0. The number of hydrogen-bond acceptors (Lipinski definition) is 3. The number of nitrogens with one attached hydrogen (secondary N) is 1. The number of urea groups is 1. The summed E-state index contributed by atoms with van der Waals surface area (Å²) in [7, 11) is 0. The van der Waals surface area contributed by atoms with Crippen LogP contribution in [0.3, 0.4) is 0 Å². The molecule has 2 N–H and O–H groups in total. The van der Waals surface area contributed by atoms with Crippen molar-refractivity contribution in [3.05, 3.63) is 0 Å². The van der Waals surface area contributed by atoms with E-state index in [2.05, 4.69) is 5.32 Å². The quantitative estimate of drug-likeness (QED) is 0.783. The molecule has 1 saturated heterocycles. The Morgan fingerprint density at radius 2 is 1.74 bits per heavy atom. The van der Waals surface area contributed by atoms with Gasteiger partial charge in [0.25, 0.3) is 0 Å². The van der Waals surface area contributed by atoms with Gasteiger partial charge in [0, 0.05) is 32.7 Å². The normalized spacial score (nSPS) is 21.6. The Bertz CT molecular complexity index is 321. The van der Waals surface area contributed by atoms with Crippen LogP contribution in [-0.2, 0) is 4.79 Å². The number of amides is 2. The second-order valence-corrected chi connectivity index (χ2v) is 5.49. The van der Waals surface area contributed by atoms with Gasteiger partial charge in [0.1, 0.15) is 0 Å². The van der Waals surface area contributed by atoms with Crippen LogP contribution in [0.25, 0.3) is 0 Å². The first-order valence-corrected chi connectivity index (χ1v) is 7.12. The Morgan fingerprint density at radius 3 is 2.32 bits per heavy atom. The summed E-state index contributed by atoms with van der Waals surface area (Å²) in [6.45, 7) is 3.37. The van der Waals surface area contributed by atoms with E-state index in [9.17, 15) is 9.59 Å². The molecule has 0 bridgehead atoms. The zero-order valence-electron chi connectivity index (χ0n) is 11.3. The van der Waals surface area contributed by atoms with Gasteiger partial charge < -0.3 is 15.3 Å². The minimum absolute atomic E-state index is 0.00174. The molecule has 0 aromatic heterocycles. The fourth-order valence-electron chi connectivity index (χ4n) is 2.86. The summed E-state index contributed by atoms with van der Waals surface area (Å²) >= 11 is 0. The number of carbonyl (C=O) groups is 2. The highest BCUT2D eigenvalue weighted by Crippen LogP contribution is 2.23. The molecular weight excluding hydrogens is 246 g/mol. The minimum atomic E-state index is -0.806. The molecule has 2 fully saturated rings. The van der Waals surface area contributed by atoms with Crippen LogP contribution in [-0.4, -0.2) is 66.2 Å². The van der Waals surface area contributed by atoms with Gasteiger partial charge in [-0.05, 0) is 18.8 Å². The van der Waals surface area contributed by atoms with Crippen LogP contribution < -0.4 is 5.32 Å². The van der Waals surface area contributed by atoms with Crippen molar-refractivity contribution in [1.82, 2.24) is 15.1 Å². The van der Waals surface area contributed by atoms with Crippen molar-refractivity contribution < 1.29 is 14.7 Å². The third-order valence-electron chi connectivity index (χ3n) is 4.04. The smallest absolute Gasteiger partial charge is 0.317 e. The summed E-state index contributed by atoms with van der Waals surface area (Å²) in [5.74, 6) is -0.156. The molecule has 0 spiro atoms. The first-order chi connectivity index (χ1) is 9.15. The Kier molecular flexibility index (Phi) is 5.01. The van der Waals surface area contributed by atoms with E-state index in [1.165, 1.54) is 25.7 Å². The summed E-state index contributed by atoms with van der Waals surface area (Å²) in [4.78, 5) is 26.2. The number of hydrogen-bond donors (Lipinski definition) is 2. The lowest BCUT2D eigenvalue weighted by Crippen LogP contribution is -2.53. The molecule has 2 rings (SSSR count). The second kappa shape index (κ2) is 6.75. The van der Waals surface area contributed by atoms with Gasteiger partial charge in [-0.3, -0.25) is 9.69 Å². The highest BCUT2D eigenvalue weighted by atomic mass is 16.4. The monoisotopic (exact) mass is 269 g/mol. The lowest BCUT2D eigenvalue weighted by Gasteiger charge is -2.34. The predicted octanol–water partition coefficient (Wildman–Crippen LogP) is 0.588. The molecule has 6 nitrogen and oxygen atoms in total. The zero-order chi connectivity index (χ0) is 13.7. The predicted molar refractivity (Wildman–Crippen MR) is 71.0 cm³/mol. The number of aliphatic carboxylic acids is 1. The van der Waals surface area contributed by atoms with Crippen molar-refractivity contribution in [3.8, 4) is 0 Å². The van der Waals surface area contributed by atoms with E-state index < -0.39 is 5.97 Å². The largest absolute Gasteiger partial charge is 0.480 e. The van der Waals surface area contributed by atoms with Gasteiger partial charge in [0.05, 0.1) is 6.54 Å². The van der Waals surface area contributed by atoms with Crippen molar-refractivity contribution >= 4 is 12.0 Å². The summed E-state index contributed by atoms with van der Waals surface area (Å²) in [6.07, 6.45) is 5.03. The van der Waals surface area contributed by atoms with Crippen molar-refractivity contribution in [2.24, 2.45) is 5.92 Å². The second-order valence-electron chi connectivity index (χ2n) is 5.49. The third kappa shape index (κ3) is 4.38. The van der Waals surface area contributed by atoms with E-state index in [1.807, 2.05) is 4.90 Å². The number of carbonyl (C=O) groups excluding carboxylic acids is 1. The standard InChI is InChI=1S/C13H23N3O3/c17-12(18)10-15-5-7-16(8-6-15)13(19)14-9-11-3-1-2-4-11/h11H,1-10H2,(H,14,19)(H,17,18). The topological polar surface area (TPSA) is 72.9 Å². The van der Waals surface area contributed by atoms with Crippen LogP contribution in [0.1, 0.15) is 25.7 Å². The summed E-state index contributed by atoms with van der Waals surface area (Å²) in [5.41, 5.74) is 0. The molecule has 19 heavy (non-hydrogen) atoms. The molecule has 6 heteroatoms. The van der Waals surface area contributed by atoms with Crippen molar-refractivity contribution in [3.63, 3.8) is 0 Å². The van der Waals surface area contributed by atoms with Gasteiger partial charge >= 0.3 is 12.0 Å². The van der Waals surface area contributed by atoms with Crippen LogP contribution in [0, 0.1) is 5.92 Å². The minimum Gasteiger partial charge on any atom is -0.480 e. The third-order valence-corrected chi connectivity index (χ3v) is 4.04. The Balaban J connectivity index is 1.65. The van der Waals surface area contributed by atoms with Crippen molar-refractivity contribution in [1.29, 1.82) is 0 Å². The molecule has 1 heterocycles. The zero-order valence-corrected chi connectivity index (χ0v) is 11.3. The summed E-state index contributed by atoms with van der Waals surface area (Å²) in [6, 6.07) is 0.00174. The fourth-order valence-corrected chi connectivity index (χ4v) is 2.86. The van der Waals surface area contributed by atoms with E-state index in [-0.39, 0.29) is 12.6 Å². The van der Waals surface area contributed by atoms with Crippen LogP contribution >= 0.6 is 0 Å². The van der Waals surface area contributed by atoms with Gasteiger partial charge in [0.2, 0.25) is 0 Å². The number of piperazine rings is 1. The summed E-state index contributed by atoms with van der Waals surface area (Å²) < 4.78 is 0. The van der Waals surface area contributed by atoms with Gasteiger partial charge in [-0.15, -0.1) is 0 Å². The van der Waals surface area contributed by atoms with E-state index in [0.29, 0.717) is 32.1 Å². The van der Waals surface area contributed by atoms with Gasteiger partial charge in [-0.25, -0.2) is 4.79 Å². The molecule has 1 aliphatic heterocycles. The van der Waals surface area contributed by atoms with Crippen LogP contribution in [0.15, 0.2) is 0 Å². The van der Waals surface area contributed by atoms with E-state index in [1.54, 1.807) is 4.90 Å². The van der Waals surface area contributed by atoms with Gasteiger partial charge in [-0.1, -0.05) is 12.8 Å². The molecule has 0 aromatic carbocycles. The van der Waals surface area contributed by atoms with Crippen molar-refractivity contribution in [2.45, 2.75) is 25.7 Å². The first-order valence-electron chi connectivity index (χ1n) is 7.12. The maximum atomic E-state index is 12.0. The van der Waals surface area contributed by atoms with Crippen LogP contribution in [0.2, 0.25) is 0 Å². The molecule has 0 radical (unpaired) electrons. The van der Waals surface area contributed by atoms with E-state index in [4.69, 9.17) is 5.11 Å². The molecule has 0 atom stereocenters. The number of carboxylic acids is 1. The molecule has 0 aromatic rings. The van der Waals surface area contributed by atoms with Gasteiger partial charge in [0.15, 0.2) is 0 Å². The highest BCUT2D eigenvalue weighted by molar-refractivity contribution is 5.74. The molecule has 1 saturated carbocycles. The number of nitrogens with zero attached hydrogens (tertiary/aromatic N) is 2. The Labute approximate surface area is 113 Å². The van der Waals surface area contributed by atoms with Crippen LogP contribution in [0.4, 0.5) is 4.79 Å². The summed E-state index contributed by atoms with van der Waals surface area (Å²) in [5, 5.41) is 11.7. The number of carboxylic acid groups (broad SMARTS) is 1. The van der Waals surface area contributed by atoms with Gasteiger partial charge in [-0.2, -0.15) is 0 Å². The Hall–Kier alpha value is -1.30. The SMILES string of the molecule is O=C(O)CN1CCN(C(=O)NCC2CCCC2)CC1. The Morgan fingerprint density at radius 1 is 1.11 bits per heavy atom. The lowest BCUT2D eigenvalue weighted by molar-refractivity contribution is -0.138. The average Bonchev–Trinajstić information content (AvgIpc) is 2.89. The highest BCUT2D eigenvalue weighted by Gasteiger charge is 2.23. The molecule has 2 amide bonds. The fraction of sp³-hybridized carbons (Fsp3) is 0.846. The van der Waals surface area contributed by atoms with Crippen molar-refractivity contribution in [2.75, 3.05) is 39.3 Å². The molecule has 2 aliphatic rings. The van der Waals surface area contributed by atoms with E-state index in [0.717, 1.165) is 6.54 Å². The maximum Gasteiger partial charge on any atom is 0.317 e. The van der Waals surface area contributed by atoms with Crippen LogP contribution in [0.5, 0.6) is 0 Å². The first kappa shape index (κ1) is 14.1. The molecule has 1 aliphatic carbocycles. The number of rotatable bonds is 4. The lowest BCUT2D eigenvalue weighted by atomic mass is 10.1. The molecular formula is C13H23N3O3. The molecule has 108 valence electrons. The average molecular weight is 269 g/mol. The molecule has 0 unspecified atom stereocenters. The van der Waals surface area contributed by atoms with E-state index >= 15 is 0 Å².